The molecule has 0 aliphatic carbocycles. The molecule has 7 heteroatoms. The van der Waals surface area contributed by atoms with E-state index in [4.69, 9.17) is 9.47 Å². The van der Waals surface area contributed by atoms with E-state index in [-0.39, 0.29) is 13.2 Å². The van der Waals surface area contributed by atoms with Crippen LogP contribution in [0.5, 0.6) is 11.5 Å². The molecule has 0 bridgehead atoms. The van der Waals surface area contributed by atoms with Crippen LogP contribution in [0.25, 0.3) is 0 Å². The van der Waals surface area contributed by atoms with Crippen LogP contribution in [0.15, 0.2) is 53.0 Å². The minimum atomic E-state index is -0.474. The smallest absolute Gasteiger partial charge is 0.276 e. The average Bonchev–Trinajstić information content (AvgIpc) is 2.64. The molecule has 0 saturated carbocycles. The van der Waals surface area contributed by atoms with Gasteiger partial charge in [0.2, 0.25) is 0 Å². The lowest BCUT2D eigenvalue weighted by molar-refractivity contribution is -0.131. The molecule has 0 spiro atoms. The molecule has 2 rings (SSSR count). The number of para-hydroxylation sites is 1. The summed E-state index contributed by atoms with van der Waals surface area (Å²) in [7, 11) is 0. The number of nitrogens with one attached hydrogen (secondary N) is 2. The fraction of sp³-hybridized carbons (Fsp3) is 0.263. The number of halogens is 1. The number of hydrogen-bond acceptors (Lipinski definition) is 4. The minimum Gasteiger partial charge on any atom is -0.484 e. The van der Waals surface area contributed by atoms with Gasteiger partial charge >= 0.3 is 0 Å². The van der Waals surface area contributed by atoms with E-state index in [0.29, 0.717) is 17.4 Å². The molecule has 26 heavy (non-hydrogen) atoms. The van der Waals surface area contributed by atoms with Crippen LogP contribution in [-0.4, -0.2) is 25.0 Å². The van der Waals surface area contributed by atoms with Crippen molar-refractivity contribution in [3.05, 3.63) is 58.6 Å². The van der Waals surface area contributed by atoms with E-state index in [2.05, 4.69) is 40.6 Å². The Labute approximate surface area is 161 Å². The van der Waals surface area contributed by atoms with Crippen LogP contribution in [0, 0.1) is 0 Å². The Kier molecular flexibility index (Phi) is 7.47. The Morgan fingerprint density at radius 1 is 0.962 bits per heavy atom. The van der Waals surface area contributed by atoms with Crippen molar-refractivity contribution in [1.29, 1.82) is 0 Å². The summed E-state index contributed by atoms with van der Waals surface area (Å²) in [6, 6.07) is 14.6. The second kappa shape index (κ2) is 9.82. The molecule has 0 radical (unpaired) electrons. The van der Waals surface area contributed by atoms with Gasteiger partial charge in [0.15, 0.2) is 13.2 Å². The van der Waals surface area contributed by atoms with Gasteiger partial charge in [0, 0.05) is 0 Å². The maximum absolute atomic E-state index is 11.8. The van der Waals surface area contributed by atoms with Crippen LogP contribution in [0.3, 0.4) is 0 Å². The Balaban J connectivity index is 1.71. The maximum Gasteiger partial charge on any atom is 0.276 e. The number of rotatable bonds is 7. The lowest BCUT2D eigenvalue weighted by atomic mass is 10.0. The first-order valence-electron chi connectivity index (χ1n) is 8.13. The highest BCUT2D eigenvalue weighted by Gasteiger charge is 2.09. The van der Waals surface area contributed by atoms with Gasteiger partial charge < -0.3 is 9.47 Å². The molecule has 0 unspecified atom stereocenters. The third-order valence-electron chi connectivity index (χ3n) is 3.44. The van der Waals surface area contributed by atoms with Crippen LogP contribution in [-0.2, 0) is 9.59 Å². The first-order valence-corrected chi connectivity index (χ1v) is 8.93. The topological polar surface area (TPSA) is 76.7 Å². The summed E-state index contributed by atoms with van der Waals surface area (Å²) >= 11 is 3.43. The highest BCUT2D eigenvalue weighted by molar-refractivity contribution is 9.10. The van der Waals surface area contributed by atoms with E-state index in [9.17, 15) is 9.59 Å². The molecule has 0 aromatic heterocycles. The van der Waals surface area contributed by atoms with Crippen molar-refractivity contribution in [3.63, 3.8) is 0 Å². The Morgan fingerprint density at radius 2 is 1.58 bits per heavy atom. The van der Waals surface area contributed by atoms with Gasteiger partial charge in [0.25, 0.3) is 11.8 Å². The standard InChI is InChI=1S/C19H21BrN2O4/c1-13(2)14-8-9-17(16(20)10-14)26-12-19(24)22-21-18(23)11-25-15-6-4-3-5-7-15/h3-10,13H,11-12H2,1-2H3,(H,21,23)(H,22,24). The maximum atomic E-state index is 11.8. The summed E-state index contributed by atoms with van der Waals surface area (Å²) in [6.07, 6.45) is 0. The molecule has 0 saturated heterocycles. The van der Waals surface area contributed by atoms with Gasteiger partial charge in [-0.25, -0.2) is 0 Å². The van der Waals surface area contributed by atoms with Gasteiger partial charge in [-0.3, -0.25) is 20.4 Å². The normalized spacial score (nSPS) is 10.3. The molecule has 0 atom stereocenters. The van der Waals surface area contributed by atoms with Crippen molar-refractivity contribution >= 4 is 27.7 Å². The molecular formula is C19H21BrN2O4. The predicted octanol–water partition coefficient (Wildman–Crippen LogP) is 3.18. The molecule has 0 heterocycles. The third-order valence-corrected chi connectivity index (χ3v) is 4.06. The summed E-state index contributed by atoms with van der Waals surface area (Å²) in [5.74, 6) is 0.592. The summed E-state index contributed by atoms with van der Waals surface area (Å²) in [4.78, 5) is 23.4. The Morgan fingerprint density at radius 3 is 2.15 bits per heavy atom. The average molecular weight is 421 g/mol. The van der Waals surface area contributed by atoms with E-state index < -0.39 is 11.8 Å². The van der Waals surface area contributed by atoms with Crippen molar-refractivity contribution in [2.45, 2.75) is 19.8 Å². The van der Waals surface area contributed by atoms with Crippen LogP contribution in [0.4, 0.5) is 0 Å². The van der Waals surface area contributed by atoms with Gasteiger partial charge in [0.05, 0.1) is 4.47 Å². The van der Waals surface area contributed by atoms with E-state index >= 15 is 0 Å². The van der Waals surface area contributed by atoms with Crippen molar-refractivity contribution in [2.75, 3.05) is 13.2 Å². The molecule has 2 amide bonds. The van der Waals surface area contributed by atoms with Gasteiger partial charge in [0.1, 0.15) is 11.5 Å². The Bertz CT molecular complexity index is 750. The van der Waals surface area contributed by atoms with Crippen LogP contribution in [0.2, 0.25) is 0 Å². The summed E-state index contributed by atoms with van der Waals surface area (Å²) in [5.41, 5.74) is 5.72. The number of hydrogen-bond donors (Lipinski definition) is 2. The SMILES string of the molecule is CC(C)c1ccc(OCC(=O)NNC(=O)COc2ccccc2)c(Br)c1. The number of amides is 2. The van der Waals surface area contributed by atoms with Gasteiger partial charge in [-0.15, -0.1) is 0 Å². The van der Waals surface area contributed by atoms with Crippen molar-refractivity contribution in [2.24, 2.45) is 0 Å². The highest BCUT2D eigenvalue weighted by atomic mass is 79.9. The first kappa shape index (κ1) is 19.8. The number of hydrazine groups is 1. The molecule has 2 aromatic rings. The Hall–Kier alpha value is -2.54. The molecule has 138 valence electrons. The summed E-state index contributed by atoms with van der Waals surface area (Å²) < 4.78 is 11.5. The molecular weight excluding hydrogens is 400 g/mol. The number of ether oxygens (including phenoxy) is 2. The third kappa shape index (κ3) is 6.40. The zero-order valence-corrected chi connectivity index (χ0v) is 16.2. The summed E-state index contributed by atoms with van der Waals surface area (Å²) in [5, 5.41) is 0. The molecule has 2 aromatic carbocycles. The van der Waals surface area contributed by atoms with Crippen molar-refractivity contribution in [1.82, 2.24) is 10.9 Å². The lowest BCUT2D eigenvalue weighted by Gasteiger charge is -2.12. The molecule has 0 aliphatic rings. The molecule has 0 aliphatic heterocycles. The monoisotopic (exact) mass is 420 g/mol. The second-order valence-corrected chi connectivity index (χ2v) is 6.69. The largest absolute Gasteiger partial charge is 0.484 e. The first-order chi connectivity index (χ1) is 12.5. The van der Waals surface area contributed by atoms with E-state index in [1.54, 1.807) is 30.3 Å². The summed E-state index contributed by atoms with van der Waals surface area (Å²) in [6.45, 7) is 3.77. The van der Waals surface area contributed by atoms with E-state index in [0.717, 1.165) is 4.47 Å². The highest BCUT2D eigenvalue weighted by Crippen LogP contribution is 2.28. The predicted molar refractivity (Wildman–Crippen MR) is 102 cm³/mol. The van der Waals surface area contributed by atoms with Gasteiger partial charge in [-0.05, 0) is 51.7 Å². The fourth-order valence-corrected chi connectivity index (χ4v) is 2.52. The number of carbonyl (C=O) groups excluding carboxylic acids is 2. The molecule has 2 N–H and O–H groups in total. The van der Waals surface area contributed by atoms with Crippen LogP contribution < -0.4 is 20.3 Å². The molecule has 0 fully saturated rings. The van der Waals surface area contributed by atoms with E-state index in [1.807, 2.05) is 18.2 Å². The quantitative estimate of drug-likeness (QED) is 0.674. The van der Waals surface area contributed by atoms with Gasteiger partial charge in [-0.2, -0.15) is 0 Å². The minimum absolute atomic E-state index is 0.201. The number of benzene rings is 2. The zero-order chi connectivity index (χ0) is 18.9. The lowest BCUT2D eigenvalue weighted by Crippen LogP contribution is -2.45. The van der Waals surface area contributed by atoms with Crippen LogP contribution in [0.1, 0.15) is 25.3 Å². The number of carbonyl (C=O) groups is 2. The molecule has 6 nitrogen and oxygen atoms in total. The van der Waals surface area contributed by atoms with E-state index in [1.165, 1.54) is 5.56 Å². The van der Waals surface area contributed by atoms with Crippen molar-refractivity contribution in [3.8, 4) is 11.5 Å². The second-order valence-electron chi connectivity index (χ2n) is 5.83. The van der Waals surface area contributed by atoms with Crippen LogP contribution >= 0.6 is 15.9 Å². The fourth-order valence-electron chi connectivity index (χ4n) is 2.01. The van der Waals surface area contributed by atoms with Crippen molar-refractivity contribution < 1.29 is 19.1 Å². The van der Waals surface area contributed by atoms with Gasteiger partial charge in [-0.1, -0.05) is 38.1 Å². The zero-order valence-electron chi connectivity index (χ0n) is 14.6.